The number of ketones is 1. The number of epoxide rings is 2. The number of hydrogen-bond acceptors (Lipinski definition) is 7. The van der Waals surface area contributed by atoms with E-state index in [0.29, 0.717) is 24.4 Å². The van der Waals surface area contributed by atoms with E-state index in [1.54, 1.807) is 0 Å². The van der Waals surface area contributed by atoms with Crippen LogP contribution in [0.15, 0.2) is 114 Å². The van der Waals surface area contributed by atoms with Gasteiger partial charge < -0.3 is 29.0 Å². The number of carbonyl (C=O) groups is 1. The zero-order valence-corrected chi connectivity index (χ0v) is 33.4. The number of carbonyl (C=O) groups excluding carboxylic acids is 1. The lowest BCUT2D eigenvalue weighted by molar-refractivity contribution is -0.480. The maximum atomic E-state index is 13.7. The SMILES string of the molecule is CCCCCC(C)N(c1ccc(OCC2CO2)cc1)c1ccc(C2=C([O-])C(=C3C=CC(=[N+](c4ccc(OCC5CO5)cc4)C(C)CCCCC)C=C3)C2=O)cc1. The summed E-state index contributed by atoms with van der Waals surface area (Å²) in [7, 11) is 0. The largest absolute Gasteiger partial charge is 0.871 e. The van der Waals surface area contributed by atoms with E-state index in [0.717, 1.165) is 73.2 Å². The average molecular weight is 757 g/mol. The molecule has 7 rings (SSSR count). The molecule has 3 aromatic carbocycles. The number of ether oxygens (including phenoxy) is 4. The van der Waals surface area contributed by atoms with E-state index in [2.05, 4.69) is 61.4 Å². The summed E-state index contributed by atoms with van der Waals surface area (Å²) in [6.07, 6.45) is 17.4. The van der Waals surface area contributed by atoms with Crippen LogP contribution in [0.1, 0.15) is 84.6 Å². The number of allylic oxidation sites excluding steroid dienone is 7. The third-order valence-electron chi connectivity index (χ3n) is 11.0. The molecule has 8 nitrogen and oxygen atoms in total. The fourth-order valence-corrected chi connectivity index (χ4v) is 7.56. The fraction of sp³-hybridized carbons (Fsp3) is 0.417. The number of anilines is 2. The first-order valence-electron chi connectivity index (χ1n) is 20.7. The van der Waals surface area contributed by atoms with Crippen LogP contribution >= 0.6 is 0 Å². The second-order valence-corrected chi connectivity index (χ2v) is 15.5. The third-order valence-corrected chi connectivity index (χ3v) is 11.0. The Morgan fingerprint density at radius 2 is 1.23 bits per heavy atom. The van der Waals surface area contributed by atoms with Crippen molar-refractivity contribution in [3.05, 3.63) is 120 Å². The quantitative estimate of drug-likeness (QED) is 0.0492. The van der Waals surface area contributed by atoms with Gasteiger partial charge in [0.05, 0.1) is 13.2 Å². The van der Waals surface area contributed by atoms with Gasteiger partial charge >= 0.3 is 0 Å². The first-order chi connectivity index (χ1) is 27.3. The fourth-order valence-electron chi connectivity index (χ4n) is 7.56. The summed E-state index contributed by atoms with van der Waals surface area (Å²) in [5, 5.41) is 13.7. The molecule has 3 aromatic rings. The van der Waals surface area contributed by atoms with Gasteiger partial charge in [0.1, 0.15) is 36.9 Å². The molecular formula is C48H56N2O6. The second kappa shape index (κ2) is 18.4. The number of benzene rings is 3. The highest BCUT2D eigenvalue weighted by molar-refractivity contribution is 6.39. The third kappa shape index (κ3) is 9.54. The van der Waals surface area contributed by atoms with Crippen molar-refractivity contribution < 1.29 is 33.4 Å². The van der Waals surface area contributed by atoms with E-state index >= 15 is 0 Å². The minimum atomic E-state index is -0.204. The van der Waals surface area contributed by atoms with Gasteiger partial charge in [0.25, 0.3) is 0 Å². The Labute approximate surface area is 332 Å². The van der Waals surface area contributed by atoms with Crippen molar-refractivity contribution in [2.45, 2.75) is 103 Å². The van der Waals surface area contributed by atoms with Gasteiger partial charge in [0.2, 0.25) is 11.4 Å². The zero-order valence-electron chi connectivity index (χ0n) is 33.4. The molecule has 0 spiro atoms. The normalized spacial score (nSPS) is 19.5. The van der Waals surface area contributed by atoms with Gasteiger partial charge in [-0.15, -0.1) is 0 Å². The van der Waals surface area contributed by atoms with E-state index in [1.807, 2.05) is 72.8 Å². The highest BCUT2D eigenvalue weighted by atomic mass is 16.6. The van der Waals surface area contributed by atoms with Crippen molar-refractivity contribution in [3.63, 3.8) is 0 Å². The summed E-state index contributed by atoms with van der Waals surface area (Å²) >= 11 is 0. The smallest absolute Gasteiger partial charge is 0.206 e. The van der Waals surface area contributed by atoms with Crippen LogP contribution in [0.3, 0.4) is 0 Å². The van der Waals surface area contributed by atoms with E-state index in [4.69, 9.17) is 18.9 Å². The standard InChI is InChI=1S/C48H56N2O6/c1-5-7-9-11-33(3)49(39-21-25-41(26-22-39)53-29-43-31-55-43)37-17-13-35(14-18-37)45-47(51)46(48(45)52)36-15-19-38(20-16-36)50(34(4)12-10-8-6-2)40-23-27-42(28-24-40)54-30-44-32-56-44/h13-28,33-34,43-44H,5-12,29-32H2,1-4H3. The molecule has 4 aliphatic rings. The molecule has 2 heterocycles. The molecular weight excluding hydrogens is 701 g/mol. The lowest BCUT2D eigenvalue weighted by Gasteiger charge is -2.34. The Kier molecular flexibility index (Phi) is 12.9. The van der Waals surface area contributed by atoms with Crippen molar-refractivity contribution in [3.8, 4) is 11.5 Å². The minimum Gasteiger partial charge on any atom is -0.871 e. The highest BCUT2D eigenvalue weighted by Crippen LogP contribution is 2.39. The van der Waals surface area contributed by atoms with Crippen molar-refractivity contribution in [1.82, 2.24) is 0 Å². The first-order valence-corrected chi connectivity index (χ1v) is 20.7. The first kappa shape index (κ1) is 39.3. The Morgan fingerprint density at radius 1 is 0.714 bits per heavy atom. The predicted octanol–water partition coefficient (Wildman–Crippen LogP) is 9.18. The number of rotatable bonds is 20. The number of Topliss-reactive ketones (excluding diaryl/α,β-unsaturated/α-hetero) is 1. The van der Waals surface area contributed by atoms with E-state index in [-0.39, 0.29) is 47.0 Å². The van der Waals surface area contributed by atoms with Crippen LogP contribution in [0.5, 0.6) is 11.5 Å². The highest BCUT2D eigenvalue weighted by Gasteiger charge is 2.32. The summed E-state index contributed by atoms with van der Waals surface area (Å²) in [5.41, 5.74) is 5.97. The lowest BCUT2D eigenvalue weighted by atomic mass is 9.80. The van der Waals surface area contributed by atoms with E-state index < -0.39 is 0 Å². The van der Waals surface area contributed by atoms with Gasteiger partial charge in [0, 0.05) is 59.3 Å². The van der Waals surface area contributed by atoms with Gasteiger partial charge in [-0.1, -0.05) is 63.8 Å². The molecule has 0 aromatic heterocycles. The molecule has 2 saturated heterocycles. The maximum absolute atomic E-state index is 13.7. The van der Waals surface area contributed by atoms with Gasteiger partial charge in [-0.3, -0.25) is 4.79 Å². The van der Waals surface area contributed by atoms with Crippen LogP contribution in [0, 0.1) is 0 Å². The predicted molar refractivity (Wildman–Crippen MR) is 221 cm³/mol. The summed E-state index contributed by atoms with van der Waals surface area (Å²) in [5.74, 6) is 1.24. The molecule has 4 atom stereocenters. The molecule has 2 aliphatic heterocycles. The van der Waals surface area contributed by atoms with Crippen LogP contribution in [0.25, 0.3) is 5.57 Å². The molecule has 0 saturated carbocycles. The molecule has 0 bridgehead atoms. The molecule has 2 fully saturated rings. The van der Waals surface area contributed by atoms with Gasteiger partial charge in [-0.2, -0.15) is 4.58 Å². The molecule has 0 radical (unpaired) electrons. The van der Waals surface area contributed by atoms with Gasteiger partial charge in [-0.05, 0) is 98.5 Å². The van der Waals surface area contributed by atoms with E-state index in [9.17, 15) is 9.90 Å². The van der Waals surface area contributed by atoms with Crippen LogP contribution < -0.4 is 19.5 Å². The molecule has 0 N–H and O–H groups in total. The van der Waals surface area contributed by atoms with Crippen molar-refractivity contribution in [2.24, 2.45) is 0 Å². The van der Waals surface area contributed by atoms with Crippen LogP contribution in [-0.2, 0) is 14.3 Å². The van der Waals surface area contributed by atoms with Crippen molar-refractivity contribution in [2.75, 3.05) is 31.3 Å². The zero-order chi connectivity index (χ0) is 39.0. The molecule has 8 heteroatoms. The number of unbranched alkanes of at least 4 members (excludes halogenated alkanes) is 4. The Hall–Kier alpha value is -4.92. The minimum absolute atomic E-state index is 0.204. The summed E-state index contributed by atoms with van der Waals surface area (Å²) in [6.45, 7) is 11.6. The van der Waals surface area contributed by atoms with Crippen LogP contribution in [-0.4, -0.2) is 66.8 Å². The molecule has 294 valence electrons. The number of nitrogens with zero attached hydrogens (tertiary/aromatic N) is 2. The Bertz CT molecular complexity index is 1960. The molecule has 2 aliphatic carbocycles. The summed E-state index contributed by atoms with van der Waals surface area (Å²) in [4.78, 5) is 16.0. The molecule has 4 unspecified atom stereocenters. The van der Waals surface area contributed by atoms with Gasteiger partial charge in [0.15, 0.2) is 11.8 Å². The summed E-state index contributed by atoms with van der Waals surface area (Å²) in [6, 6.07) is 24.8. The van der Waals surface area contributed by atoms with Crippen LogP contribution in [0.2, 0.25) is 0 Å². The monoisotopic (exact) mass is 756 g/mol. The Balaban J connectivity index is 1.10. The molecule has 0 amide bonds. The topological polar surface area (TPSA) is 89.9 Å². The number of hydrogen-bond donors (Lipinski definition) is 0. The maximum Gasteiger partial charge on any atom is 0.206 e. The average Bonchev–Trinajstić information content (AvgIpc) is 4.16. The van der Waals surface area contributed by atoms with Crippen molar-refractivity contribution in [1.29, 1.82) is 0 Å². The van der Waals surface area contributed by atoms with Gasteiger partial charge in [-0.25, -0.2) is 0 Å². The molecule has 56 heavy (non-hydrogen) atoms. The van der Waals surface area contributed by atoms with Crippen molar-refractivity contribution >= 4 is 34.1 Å². The lowest BCUT2D eigenvalue weighted by Crippen LogP contribution is -2.31. The summed E-state index contributed by atoms with van der Waals surface area (Å²) < 4.78 is 24.7. The van der Waals surface area contributed by atoms with E-state index in [1.165, 1.54) is 25.7 Å². The Morgan fingerprint density at radius 3 is 1.75 bits per heavy atom. The second-order valence-electron chi connectivity index (χ2n) is 15.5. The van der Waals surface area contributed by atoms with Crippen LogP contribution in [0.4, 0.5) is 17.1 Å².